The molecule has 2 aromatic rings. The normalized spacial score (nSPS) is 10.1. The molecule has 0 unspecified atom stereocenters. The van der Waals surface area contributed by atoms with Crippen molar-refractivity contribution >= 4 is 11.9 Å². The Kier molecular flexibility index (Phi) is 4.13. The molecule has 1 amide bonds. The van der Waals surface area contributed by atoms with E-state index in [0.29, 0.717) is 11.1 Å². The average Bonchev–Trinajstić information content (AvgIpc) is 2.48. The highest BCUT2D eigenvalue weighted by Crippen LogP contribution is 2.30. The van der Waals surface area contributed by atoms with Crippen molar-refractivity contribution in [1.29, 1.82) is 0 Å². The first-order valence-corrected chi connectivity index (χ1v) is 6.09. The van der Waals surface area contributed by atoms with Crippen molar-refractivity contribution in [1.82, 2.24) is 15.3 Å². The largest absolute Gasteiger partial charge is 0.505 e. The molecular formula is C14H13N3O4. The number of hydrogen-bond donors (Lipinski definition) is 3. The predicted molar refractivity (Wildman–Crippen MR) is 73.8 cm³/mol. The molecule has 21 heavy (non-hydrogen) atoms. The minimum Gasteiger partial charge on any atom is -0.505 e. The first kappa shape index (κ1) is 14.4. The van der Waals surface area contributed by atoms with E-state index in [1.54, 1.807) is 31.5 Å². The third-order valence-corrected chi connectivity index (χ3v) is 2.89. The summed E-state index contributed by atoms with van der Waals surface area (Å²) in [6.45, 7) is 1.11. The molecule has 0 aromatic carbocycles. The molecule has 7 nitrogen and oxygen atoms in total. The lowest BCUT2D eigenvalue weighted by Crippen LogP contribution is -2.30. The maximum absolute atomic E-state index is 11.8. The zero-order valence-corrected chi connectivity index (χ0v) is 11.2. The van der Waals surface area contributed by atoms with Gasteiger partial charge in [-0.15, -0.1) is 0 Å². The van der Waals surface area contributed by atoms with Crippen LogP contribution in [0.25, 0.3) is 11.1 Å². The van der Waals surface area contributed by atoms with Gasteiger partial charge in [0.2, 0.25) is 0 Å². The summed E-state index contributed by atoms with van der Waals surface area (Å²) in [5.41, 5.74) is 1.67. The highest BCUT2D eigenvalue weighted by molar-refractivity contribution is 5.97. The minimum atomic E-state index is -1.17. The van der Waals surface area contributed by atoms with Crippen molar-refractivity contribution in [2.75, 3.05) is 6.54 Å². The Bertz CT molecular complexity index is 686. The average molecular weight is 287 g/mol. The fourth-order valence-electron chi connectivity index (χ4n) is 1.81. The molecule has 0 aliphatic rings. The fourth-order valence-corrected chi connectivity index (χ4v) is 1.81. The Morgan fingerprint density at radius 3 is 2.71 bits per heavy atom. The van der Waals surface area contributed by atoms with Crippen molar-refractivity contribution in [2.45, 2.75) is 6.92 Å². The Morgan fingerprint density at radius 2 is 2.10 bits per heavy atom. The number of carbonyl (C=O) groups excluding carboxylic acids is 1. The van der Waals surface area contributed by atoms with E-state index in [1.807, 2.05) is 0 Å². The van der Waals surface area contributed by atoms with Gasteiger partial charge in [0.05, 0.1) is 0 Å². The van der Waals surface area contributed by atoms with Gasteiger partial charge in [-0.05, 0) is 13.0 Å². The number of carbonyl (C=O) groups is 2. The molecule has 0 saturated carbocycles. The first-order valence-electron chi connectivity index (χ1n) is 6.09. The number of pyridine rings is 2. The third-order valence-electron chi connectivity index (χ3n) is 2.89. The smallest absolute Gasteiger partial charge is 0.322 e. The molecule has 2 rings (SSSR count). The molecule has 0 aliphatic carbocycles. The summed E-state index contributed by atoms with van der Waals surface area (Å²) < 4.78 is 0. The summed E-state index contributed by atoms with van der Waals surface area (Å²) in [5, 5.41) is 20.8. The Morgan fingerprint density at radius 1 is 1.33 bits per heavy atom. The second-order valence-electron chi connectivity index (χ2n) is 4.31. The van der Waals surface area contributed by atoms with Crippen molar-refractivity contribution in [3.63, 3.8) is 0 Å². The van der Waals surface area contributed by atoms with Crippen LogP contribution in [0.2, 0.25) is 0 Å². The molecule has 2 heterocycles. The Hall–Kier alpha value is -2.96. The molecule has 0 aliphatic heterocycles. The van der Waals surface area contributed by atoms with Crippen LogP contribution in [0.3, 0.4) is 0 Å². The van der Waals surface area contributed by atoms with Crippen LogP contribution in [0.15, 0.2) is 30.7 Å². The van der Waals surface area contributed by atoms with Crippen LogP contribution in [-0.4, -0.2) is 38.6 Å². The number of carboxylic acid groups (broad SMARTS) is 1. The van der Waals surface area contributed by atoms with Gasteiger partial charge in [0, 0.05) is 35.3 Å². The third kappa shape index (κ3) is 3.14. The number of aliphatic carboxylic acids is 1. The molecular weight excluding hydrogens is 274 g/mol. The number of aromatic nitrogens is 2. The number of carboxylic acids is 1. The maximum atomic E-state index is 11.8. The van der Waals surface area contributed by atoms with E-state index < -0.39 is 18.4 Å². The molecule has 0 fully saturated rings. The van der Waals surface area contributed by atoms with Gasteiger partial charge in [-0.3, -0.25) is 14.6 Å². The highest BCUT2D eigenvalue weighted by atomic mass is 16.4. The molecule has 0 bridgehead atoms. The van der Waals surface area contributed by atoms with Gasteiger partial charge >= 0.3 is 5.97 Å². The number of nitrogens with one attached hydrogen (secondary N) is 1. The second kappa shape index (κ2) is 6.00. The van der Waals surface area contributed by atoms with E-state index in [-0.39, 0.29) is 11.4 Å². The number of rotatable bonds is 4. The van der Waals surface area contributed by atoms with Gasteiger partial charge in [0.1, 0.15) is 12.3 Å². The van der Waals surface area contributed by atoms with E-state index in [2.05, 4.69) is 15.3 Å². The maximum Gasteiger partial charge on any atom is 0.322 e. The molecule has 0 atom stereocenters. The van der Waals surface area contributed by atoms with Gasteiger partial charge in [-0.1, -0.05) is 6.07 Å². The van der Waals surface area contributed by atoms with E-state index in [4.69, 9.17) is 5.11 Å². The van der Waals surface area contributed by atoms with Crippen molar-refractivity contribution in [2.24, 2.45) is 0 Å². The summed E-state index contributed by atoms with van der Waals surface area (Å²) in [4.78, 5) is 30.1. The van der Waals surface area contributed by atoms with Gasteiger partial charge in [-0.25, -0.2) is 4.98 Å². The number of aromatic hydroxyl groups is 1. The topological polar surface area (TPSA) is 112 Å². The van der Waals surface area contributed by atoms with Crippen LogP contribution < -0.4 is 5.32 Å². The number of nitrogens with zero attached hydrogens (tertiary/aromatic N) is 2. The molecule has 0 radical (unpaired) electrons. The minimum absolute atomic E-state index is 0.207. The molecule has 7 heteroatoms. The van der Waals surface area contributed by atoms with Crippen LogP contribution >= 0.6 is 0 Å². The second-order valence-corrected chi connectivity index (χ2v) is 4.31. The molecule has 108 valence electrons. The summed E-state index contributed by atoms with van der Waals surface area (Å²) in [7, 11) is 0. The predicted octanol–water partition coefficient (Wildman–Crippen LogP) is 0.972. The molecule has 0 saturated heterocycles. The first-order chi connectivity index (χ1) is 10.0. The van der Waals surface area contributed by atoms with Gasteiger partial charge in [0.25, 0.3) is 5.91 Å². The van der Waals surface area contributed by atoms with E-state index in [0.717, 1.165) is 5.56 Å². The van der Waals surface area contributed by atoms with Crippen molar-refractivity contribution in [3.8, 4) is 16.9 Å². The zero-order valence-electron chi connectivity index (χ0n) is 11.2. The molecule has 2 aromatic heterocycles. The van der Waals surface area contributed by atoms with Crippen molar-refractivity contribution < 1.29 is 19.8 Å². The summed E-state index contributed by atoms with van der Waals surface area (Å²) in [6.07, 6.45) is 4.69. The van der Waals surface area contributed by atoms with Crippen LogP contribution in [0, 0.1) is 6.92 Å². The lowest BCUT2D eigenvalue weighted by atomic mass is 10.0. The monoisotopic (exact) mass is 287 g/mol. The zero-order chi connectivity index (χ0) is 15.4. The fraction of sp³-hybridized carbons (Fsp3) is 0.143. The lowest BCUT2D eigenvalue weighted by Gasteiger charge is -2.10. The summed E-state index contributed by atoms with van der Waals surface area (Å²) >= 11 is 0. The van der Waals surface area contributed by atoms with Crippen molar-refractivity contribution in [3.05, 3.63) is 42.0 Å². The quantitative estimate of drug-likeness (QED) is 0.772. The Labute approximate surface area is 120 Å². The number of hydrogen-bond acceptors (Lipinski definition) is 5. The number of amides is 1. The van der Waals surface area contributed by atoms with Crippen LogP contribution in [0.1, 0.15) is 16.1 Å². The van der Waals surface area contributed by atoms with Gasteiger partial charge < -0.3 is 15.5 Å². The molecule has 0 spiro atoms. The van der Waals surface area contributed by atoms with E-state index >= 15 is 0 Å². The Balaban J connectivity index is 2.34. The van der Waals surface area contributed by atoms with E-state index in [1.165, 1.54) is 6.20 Å². The van der Waals surface area contributed by atoms with E-state index in [9.17, 15) is 14.7 Å². The van der Waals surface area contributed by atoms with Gasteiger partial charge in [-0.2, -0.15) is 0 Å². The summed E-state index contributed by atoms with van der Waals surface area (Å²) in [5.74, 6) is -2.19. The van der Waals surface area contributed by atoms with Gasteiger partial charge in [0.15, 0.2) is 5.69 Å². The van der Waals surface area contributed by atoms with Crippen LogP contribution in [0.5, 0.6) is 5.75 Å². The molecule has 3 N–H and O–H groups in total. The highest BCUT2D eigenvalue weighted by Gasteiger charge is 2.18. The SMILES string of the molecule is Cc1c(-c2cccnc2)cnc(C(=O)NCC(=O)O)c1O. The summed E-state index contributed by atoms with van der Waals surface area (Å²) in [6, 6.07) is 3.56. The van der Waals surface area contributed by atoms with Crippen LogP contribution in [-0.2, 0) is 4.79 Å². The standard InChI is InChI=1S/C14H13N3O4/c1-8-10(9-3-2-4-15-5-9)6-16-12(13(8)20)14(21)17-7-11(18)19/h2-6,20H,7H2,1H3,(H,17,21)(H,18,19). The lowest BCUT2D eigenvalue weighted by molar-refractivity contribution is -0.135. The van der Waals surface area contributed by atoms with Crippen LogP contribution in [0.4, 0.5) is 0 Å².